The van der Waals surface area contributed by atoms with Crippen LogP contribution in [-0.2, 0) is 15.9 Å². The van der Waals surface area contributed by atoms with Gasteiger partial charge in [-0.2, -0.15) is 0 Å². The molecule has 7 heteroatoms. The molecule has 7 nitrogen and oxygen atoms in total. The van der Waals surface area contributed by atoms with Gasteiger partial charge >= 0.3 is 5.97 Å². The van der Waals surface area contributed by atoms with Gasteiger partial charge in [0.15, 0.2) is 0 Å². The van der Waals surface area contributed by atoms with E-state index in [9.17, 15) is 9.90 Å². The lowest BCUT2D eigenvalue weighted by Crippen LogP contribution is -2.42. The van der Waals surface area contributed by atoms with Crippen molar-refractivity contribution < 1.29 is 19.4 Å². The highest BCUT2D eigenvalue weighted by Gasteiger charge is 2.18. The number of aromatic amines is 1. The maximum atomic E-state index is 12.0. The van der Waals surface area contributed by atoms with Crippen LogP contribution in [0.4, 0.5) is 0 Å². The highest BCUT2D eigenvalue weighted by atomic mass is 16.5. The van der Waals surface area contributed by atoms with Gasteiger partial charge in [0.05, 0.1) is 25.4 Å². The third-order valence-electron chi connectivity index (χ3n) is 4.50. The minimum absolute atomic E-state index is 0.167. The third kappa shape index (κ3) is 6.11. The van der Waals surface area contributed by atoms with Gasteiger partial charge in [-0.1, -0.05) is 0 Å². The van der Waals surface area contributed by atoms with Gasteiger partial charge in [-0.25, -0.2) is 4.79 Å². The summed E-state index contributed by atoms with van der Waals surface area (Å²) in [6.45, 7) is 10.0. The molecule has 1 aromatic rings. The average Bonchev–Trinajstić information content (AvgIpc) is 2.99. The number of nitrogens with one attached hydrogen (secondary N) is 2. The van der Waals surface area contributed by atoms with Gasteiger partial charge in [0, 0.05) is 63.6 Å². The van der Waals surface area contributed by atoms with Crippen LogP contribution in [0.1, 0.15) is 28.5 Å². The summed E-state index contributed by atoms with van der Waals surface area (Å²) in [6, 6.07) is 0. The summed E-state index contributed by atoms with van der Waals surface area (Å²) in [5.74, 6) is -0.0650. The lowest BCUT2D eigenvalue weighted by atomic mass is 10.1. The lowest BCUT2D eigenvalue weighted by molar-refractivity contribution is 0.0256. The van der Waals surface area contributed by atoms with E-state index in [0.29, 0.717) is 12.2 Å². The zero-order chi connectivity index (χ0) is 18.1. The van der Waals surface area contributed by atoms with Crippen molar-refractivity contribution in [2.75, 3.05) is 59.2 Å². The largest absolute Gasteiger partial charge is 0.462 e. The topological polar surface area (TPSA) is 86.8 Å². The minimum Gasteiger partial charge on any atom is -0.462 e. The number of aliphatic hydroxyl groups excluding tert-OH is 1. The number of aliphatic hydroxyl groups is 1. The van der Waals surface area contributed by atoms with E-state index in [4.69, 9.17) is 9.47 Å². The van der Waals surface area contributed by atoms with Crippen molar-refractivity contribution in [2.45, 2.75) is 20.3 Å². The fraction of sp³-hybridized carbons (Fsp3) is 0.722. The first-order valence-electron chi connectivity index (χ1n) is 9.11. The molecule has 3 N–H and O–H groups in total. The van der Waals surface area contributed by atoms with E-state index in [1.807, 2.05) is 20.0 Å². The molecule has 1 aliphatic rings. The molecule has 1 saturated heterocycles. The van der Waals surface area contributed by atoms with Crippen molar-refractivity contribution in [2.24, 2.45) is 5.92 Å². The van der Waals surface area contributed by atoms with Crippen LogP contribution in [0.5, 0.6) is 0 Å². The lowest BCUT2D eigenvalue weighted by Gasteiger charge is -2.29. The third-order valence-corrected chi connectivity index (χ3v) is 4.50. The highest BCUT2D eigenvalue weighted by Crippen LogP contribution is 2.15. The van der Waals surface area contributed by atoms with Crippen molar-refractivity contribution >= 4 is 5.97 Å². The second-order valence-corrected chi connectivity index (χ2v) is 6.46. The number of hydrogen-bond acceptors (Lipinski definition) is 6. The number of rotatable bonds is 10. The fourth-order valence-electron chi connectivity index (χ4n) is 3.12. The summed E-state index contributed by atoms with van der Waals surface area (Å²) >= 11 is 0. The molecule has 142 valence electrons. The minimum atomic E-state index is -0.267. The molecule has 1 aliphatic heterocycles. The van der Waals surface area contributed by atoms with E-state index in [2.05, 4.69) is 15.2 Å². The van der Waals surface area contributed by atoms with Gasteiger partial charge < -0.3 is 24.9 Å². The molecule has 0 spiro atoms. The zero-order valence-electron chi connectivity index (χ0n) is 15.3. The van der Waals surface area contributed by atoms with Crippen molar-refractivity contribution in [3.8, 4) is 0 Å². The summed E-state index contributed by atoms with van der Waals surface area (Å²) in [4.78, 5) is 17.5. The molecule has 0 aromatic carbocycles. The smallest absolute Gasteiger partial charge is 0.340 e. The molecule has 2 rings (SSSR count). The van der Waals surface area contributed by atoms with Crippen molar-refractivity contribution in [3.05, 3.63) is 23.0 Å². The first-order valence-corrected chi connectivity index (χ1v) is 9.11. The van der Waals surface area contributed by atoms with Crippen LogP contribution in [0.3, 0.4) is 0 Å². The molecule has 25 heavy (non-hydrogen) atoms. The summed E-state index contributed by atoms with van der Waals surface area (Å²) in [5, 5.41) is 13.0. The van der Waals surface area contributed by atoms with Crippen LogP contribution in [-0.4, -0.2) is 80.1 Å². The fourth-order valence-corrected chi connectivity index (χ4v) is 3.12. The van der Waals surface area contributed by atoms with E-state index in [1.165, 1.54) is 0 Å². The maximum Gasteiger partial charge on any atom is 0.340 e. The summed E-state index contributed by atoms with van der Waals surface area (Å²) in [7, 11) is 0. The molecule has 0 amide bonds. The van der Waals surface area contributed by atoms with E-state index in [-0.39, 0.29) is 18.5 Å². The van der Waals surface area contributed by atoms with Crippen LogP contribution in [0.2, 0.25) is 0 Å². The van der Waals surface area contributed by atoms with Gasteiger partial charge in [0.25, 0.3) is 0 Å². The number of aromatic nitrogens is 1. The summed E-state index contributed by atoms with van der Waals surface area (Å²) < 4.78 is 10.5. The summed E-state index contributed by atoms with van der Waals surface area (Å²) in [6.07, 6.45) is 2.56. The normalized spacial score (nSPS) is 16.8. The molecule has 0 saturated carbocycles. The predicted molar refractivity (Wildman–Crippen MR) is 95.9 cm³/mol. The number of carbonyl (C=O) groups excluding carboxylic acids is 1. The van der Waals surface area contributed by atoms with Gasteiger partial charge in [-0.15, -0.1) is 0 Å². The second kappa shape index (κ2) is 10.6. The van der Waals surface area contributed by atoms with E-state index in [1.54, 1.807) is 0 Å². The van der Waals surface area contributed by atoms with E-state index in [0.717, 1.165) is 63.6 Å². The summed E-state index contributed by atoms with van der Waals surface area (Å²) in [5.41, 5.74) is 2.46. The molecule has 2 heterocycles. The van der Waals surface area contributed by atoms with Crippen LogP contribution < -0.4 is 5.32 Å². The van der Waals surface area contributed by atoms with E-state index < -0.39 is 0 Å². The number of carbonyl (C=O) groups is 1. The molecule has 0 bridgehead atoms. The molecule has 1 fully saturated rings. The number of ether oxygens (including phenoxy) is 2. The number of morpholine rings is 1. The van der Waals surface area contributed by atoms with Gasteiger partial charge in [0.1, 0.15) is 0 Å². The van der Waals surface area contributed by atoms with Crippen molar-refractivity contribution in [1.82, 2.24) is 15.2 Å². The monoisotopic (exact) mass is 353 g/mol. The molecule has 1 atom stereocenters. The number of aryl methyl sites for hydroxylation is 1. The van der Waals surface area contributed by atoms with Gasteiger partial charge in [-0.05, 0) is 19.4 Å². The Balaban J connectivity index is 1.75. The maximum absolute atomic E-state index is 12.0. The predicted octanol–water partition coefficient (Wildman–Crippen LogP) is 0.573. The number of H-pyrrole nitrogens is 1. The Morgan fingerprint density at radius 3 is 2.92 bits per heavy atom. The molecule has 0 radical (unpaired) electrons. The molecular weight excluding hydrogens is 322 g/mol. The first kappa shape index (κ1) is 19.9. The molecular formula is C18H31N3O4. The Morgan fingerprint density at radius 2 is 2.24 bits per heavy atom. The molecule has 1 unspecified atom stereocenters. The molecule has 0 aliphatic carbocycles. The SMILES string of the molecule is CCOC(=O)c1c(C)c[nH]c1CCNCC(CO)CN1CCOCC1. The van der Waals surface area contributed by atoms with Gasteiger partial charge in [0.2, 0.25) is 0 Å². The quantitative estimate of drug-likeness (QED) is 0.421. The Hall–Kier alpha value is -1.41. The van der Waals surface area contributed by atoms with Crippen LogP contribution in [0, 0.1) is 12.8 Å². The second-order valence-electron chi connectivity index (χ2n) is 6.46. The Morgan fingerprint density at radius 1 is 1.48 bits per heavy atom. The molecule has 1 aromatic heterocycles. The van der Waals surface area contributed by atoms with Crippen LogP contribution >= 0.6 is 0 Å². The van der Waals surface area contributed by atoms with Crippen molar-refractivity contribution in [3.63, 3.8) is 0 Å². The highest BCUT2D eigenvalue weighted by molar-refractivity contribution is 5.92. The first-order chi connectivity index (χ1) is 12.2. The number of nitrogens with zero attached hydrogens (tertiary/aromatic N) is 1. The number of esters is 1. The Kier molecular flexibility index (Phi) is 8.40. The average molecular weight is 353 g/mol. The zero-order valence-corrected chi connectivity index (χ0v) is 15.3. The van der Waals surface area contributed by atoms with E-state index >= 15 is 0 Å². The number of hydrogen-bond donors (Lipinski definition) is 3. The van der Waals surface area contributed by atoms with Crippen LogP contribution in [0.25, 0.3) is 0 Å². The van der Waals surface area contributed by atoms with Crippen LogP contribution in [0.15, 0.2) is 6.20 Å². The standard InChI is InChI=1S/C18H31N3O4/c1-3-25-18(23)17-14(2)10-20-16(17)4-5-19-11-15(13-22)12-21-6-8-24-9-7-21/h10,15,19-20,22H,3-9,11-13H2,1-2H3. The van der Waals surface area contributed by atoms with Gasteiger partial charge in [-0.3, -0.25) is 4.90 Å². The Bertz CT molecular complexity index is 526. The van der Waals surface area contributed by atoms with Crippen molar-refractivity contribution in [1.29, 1.82) is 0 Å². The Labute approximate surface area is 149 Å².